The van der Waals surface area contributed by atoms with Gasteiger partial charge >= 0.3 is 6.18 Å². The highest BCUT2D eigenvalue weighted by atomic mass is 79.9. The van der Waals surface area contributed by atoms with Crippen LogP contribution in [0, 0.1) is 17.1 Å². The van der Waals surface area contributed by atoms with Crippen LogP contribution in [0.2, 0.25) is 5.02 Å². The third-order valence-electron chi connectivity index (χ3n) is 7.73. The van der Waals surface area contributed by atoms with Gasteiger partial charge in [-0.3, -0.25) is 14.6 Å². The van der Waals surface area contributed by atoms with Crippen molar-refractivity contribution in [1.82, 2.24) is 20.5 Å². The van der Waals surface area contributed by atoms with Gasteiger partial charge in [-0.25, -0.2) is 12.8 Å². The average Bonchev–Trinajstić information content (AvgIpc) is 3.52. The summed E-state index contributed by atoms with van der Waals surface area (Å²) in [5, 5.41) is 13.2. The summed E-state index contributed by atoms with van der Waals surface area (Å²) in [7, 11) is -4.37. The molecule has 2 N–H and O–H groups in total. The molecule has 2 aliphatic heterocycles. The fourth-order valence-corrected chi connectivity index (χ4v) is 7.72. The summed E-state index contributed by atoms with van der Waals surface area (Å²) in [5.74, 6) is -2.54. The summed E-state index contributed by atoms with van der Waals surface area (Å²) < 4.78 is 85.1. The van der Waals surface area contributed by atoms with Crippen LogP contribution in [0.1, 0.15) is 25.0 Å². The zero-order valence-corrected chi connectivity index (χ0v) is 25.2. The standard InChI is InChI=1S/C26H23BrClF4N5O5S/c27-14-5-18(29)21(35-8-14)25(11-34-12-25)23(39)37-9-16(7-19(37)22(38)36-24(10-33)3-4-24)43(40,41)20-2-1-15(6-17(20)28)42-13-26(30,31)32/h1-2,5-6,8,16,19,34H,3-4,7,9,11-13H2,(H,36,38)/t16-,19+/m1/s1. The molecule has 3 fully saturated rings. The minimum absolute atomic E-state index is 0.0208. The monoisotopic (exact) mass is 707 g/mol. The topological polar surface area (TPSA) is 141 Å². The average molecular weight is 709 g/mol. The van der Waals surface area contributed by atoms with Crippen molar-refractivity contribution in [3.8, 4) is 11.8 Å². The van der Waals surface area contributed by atoms with Crippen LogP contribution in [-0.4, -0.2) is 79.4 Å². The number of likely N-dealkylation sites (tertiary alicyclic amines) is 1. The number of carbonyl (C=O) groups is 2. The molecule has 2 amide bonds. The van der Waals surface area contributed by atoms with E-state index >= 15 is 4.39 Å². The second kappa shape index (κ2) is 11.2. The SMILES string of the molecule is N#CC1(NC(=O)[C@@H]2C[C@@H](S(=O)(=O)c3ccc(OCC(F)(F)F)cc3Cl)CN2C(=O)C2(c3ncc(Br)cc3F)CNC2)CC1. The second-order valence-corrected chi connectivity index (χ2v) is 14.2. The van der Waals surface area contributed by atoms with Crippen LogP contribution in [0.5, 0.6) is 5.75 Å². The Morgan fingerprint density at radius 2 is 1.98 bits per heavy atom. The van der Waals surface area contributed by atoms with Gasteiger partial charge in [-0.2, -0.15) is 18.4 Å². The molecule has 17 heteroatoms. The molecule has 3 heterocycles. The number of aromatic nitrogens is 1. The lowest BCUT2D eigenvalue weighted by Crippen LogP contribution is -2.67. The van der Waals surface area contributed by atoms with Gasteiger partial charge < -0.3 is 20.3 Å². The van der Waals surface area contributed by atoms with E-state index in [1.165, 1.54) is 6.20 Å². The molecule has 2 saturated heterocycles. The number of hydrogen-bond acceptors (Lipinski definition) is 8. The van der Waals surface area contributed by atoms with Gasteiger partial charge in [0.2, 0.25) is 11.8 Å². The van der Waals surface area contributed by atoms with E-state index in [1.54, 1.807) is 0 Å². The summed E-state index contributed by atoms with van der Waals surface area (Å²) in [6.45, 7) is -2.12. The molecule has 0 unspecified atom stereocenters. The predicted molar refractivity (Wildman–Crippen MR) is 146 cm³/mol. The quantitative estimate of drug-likeness (QED) is 0.399. The third-order valence-corrected chi connectivity index (χ3v) is 10.8. The van der Waals surface area contributed by atoms with Crippen LogP contribution in [0.4, 0.5) is 17.6 Å². The zero-order valence-electron chi connectivity index (χ0n) is 22.1. The van der Waals surface area contributed by atoms with Crippen molar-refractivity contribution < 1.29 is 40.3 Å². The molecule has 10 nitrogen and oxygen atoms in total. The molecule has 1 aromatic carbocycles. The first-order valence-electron chi connectivity index (χ1n) is 12.9. The van der Waals surface area contributed by atoms with Crippen LogP contribution >= 0.6 is 27.5 Å². The van der Waals surface area contributed by atoms with Crippen LogP contribution in [0.3, 0.4) is 0 Å². The number of amides is 2. The number of sulfone groups is 1. The van der Waals surface area contributed by atoms with E-state index in [9.17, 15) is 36.4 Å². The van der Waals surface area contributed by atoms with Gasteiger partial charge in [0, 0.05) is 36.4 Å². The van der Waals surface area contributed by atoms with Crippen LogP contribution in [0.15, 0.2) is 39.8 Å². The molecule has 2 atom stereocenters. The molecule has 0 radical (unpaired) electrons. The highest BCUT2D eigenvalue weighted by Crippen LogP contribution is 2.40. The fraction of sp³-hybridized carbons (Fsp3) is 0.462. The number of alkyl halides is 3. The Bertz CT molecular complexity index is 1630. The molecule has 5 rings (SSSR count). The molecule has 2 aromatic rings. The number of hydrogen-bond donors (Lipinski definition) is 2. The van der Waals surface area contributed by atoms with Gasteiger partial charge in [-0.05, 0) is 53.4 Å². The molecule has 230 valence electrons. The maximum absolute atomic E-state index is 15.0. The fourth-order valence-electron chi connectivity index (χ4n) is 5.19. The molecule has 1 aromatic heterocycles. The lowest BCUT2D eigenvalue weighted by molar-refractivity contribution is -0.153. The Morgan fingerprint density at radius 3 is 2.51 bits per heavy atom. The lowest BCUT2D eigenvalue weighted by Gasteiger charge is -2.44. The first-order valence-corrected chi connectivity index (χ1v) is 15.6. The highest BCUT2D eigenvalue weighted by Gasteiger charge is 2.57. The number of benzene rings is 1. The molecule has 1 saturated carbocycles. The highest BCUT2D eigenvalue weighted by molar-refractivity contribution is 9.10. The van der Waals surface area contributed by atoms with E-state index in [0.29, 0.717) is 17.3 Å². The van der Waals surface area contributed by atoms with Crippen molar-refractivity contribution in [1.29, 1.82) is 5.26 Å². The Labute approximate surface area is 256 Å². The van der Waals surface area contributed by atoms with E-state index in [-0.39, 0.29) is 31.0 Å². The Balaban J connectivity index is 1.46. The van der Waals surface area contributed by atoms with E-state index in [0.717, 1.165) is 29.2 Å². The van der Waals surface area contributed by atoms with Crippen LogP contribution in [0.25, 0.3) is 0 Å². The Hall–Kier alpha value is -3.00. The zero-order chi connectivity index (χ0) is 31.4. The van der Waals surface area contributed by atoms with Gasteiger partial charge in [-0.1, -0.05) is 11.6 Å². The Morgan fingerprint density at radius 1 is 1.28 bits per heavy atom. The summed E-state index contributed by atoms with van der Waals surface area (Å²) in [5.41, 5.74) is -2.81. The van der Waals surface area contributed by atoms with E-state index in [4.69, 9.17) is 11.6 Å². The molecule has 43 heavy (non-hydrogen) atoms. The predicted octanol–water partition coefficient (Wildman–Crippen LogP) is 3.03. The van der Waals surface area contributed by atoms with Crippen molar-refractivity contribution in [2.75, 3.05) is 26.2 Å². The van der Waals surface area contributed by atoms with E-state index in [2.05, 4.69) is 36.3 Å². The van der Waals surface area contributed by atoms with Gasteiger partial charge in [0.25, 0.3) is 0 Å². The maximum atomic E-state index is 15.0. The Kier molecular flexibility index (Phi) is 8.16. The summed E-state index contributed by atoms with van der Waals surface area (Å²) in [4.78, 5) is 32.3. The molecular weight excluding hydrogens is 686 g/mol. The first-order chi connectivity index (χ1) is 20.1. The number of halogens is 6. The normalized spacial score (nSPS) is 22.3. The van der Waals surface area contributed by atoms with Crippen molar-refractivity contribution in [3.63, 3.8) is 0 Å². The van der Waals surface area contributed by atoms with Gasteiger partial charge in [-0.15, -0.1) is 0 Å². The summed E-state index contributed by atoms with van der Waals surface area (Å²) >= 11 is 9.30. The smallest absolute Gasteiger partial charge is 0.422 e. The van der Waals surface area contributed by atoms with Gasteiger partial charge in [0.05, 0.1) is 26.9 Å². The number of nitrogens with zero attached hydrogens (tertiary/aromatic N) is 3. The second-order valence-electron chi connectivity index (χ2n) is 10.7. The van der Waals surface area contributed by atoms with Crippen molar-refractivity contribution in [3.05, 3.63) is 51.5 Å². The molecule has 0 bridgehead atoms. The van der Waals surface area contributed by atoms with E-state index < -0.39 is 79.0 Å². The number of pyridine rings is 1. The molecular formula is C26H23BrClF4N5O5S. The minimum atomic E-state index is -4.63. The molecule has 1 aliphatic carbocycles. The van der Waals surface area contributed by atoms with Crippen LogP contribution < -0.4 is 15.4 Å². The largest absolute Gasteiger partial charge is 0.484 e. The lowest BCUT2D eigenvalue weighted by atomic mass is 9.76. The third kappa shape index (κ3) is 6.04. The van der Waals surface area contributed by atoms with Crippen molar-refractivity contribution >= 4 is 49.2 Å². The minimum Gasteiger partial charge on any atom is -0.484 e. The maximum Gasteiger partial charge on any atom is 0.422 e. The van der Waals surface area contributed by atoms with Gasteiger partial charge in [0.1, 0.15) is 28.6 Å². The number of nitrogens with one attached hydrogen (secondary N) is 2. The molecule has 0 spiro atoms. The first kappa shape index (κ1) is 31.4. The van der Waals surface area contributed by atoms with Gasteiger partial charge in [0.15, 0.2) is 16.4 Å². The molecule has 3 aliphatic rings. The van der Waals surface area contributed by atoms with Crippen molar-refractivity contribution in [2.24, 2.45) is 0 Å². The number of ether oxygens (including phenoxy) is 1. The van der Waals surface area contributed by atoms with E-state index in [1.807, 2.05) is 6.07 Å². The summed E-state index contributed by atoms with van der Waals surface area (Å²) in [6, 6.07) is 4.78. The number of rotatable bonds is 8. The summed E-state index contributed by atoms with van der Waals surface area (Å²) in [6.07, 6.45) is -2.90. The number of nitriles is 1. The van der Waals surface area contributed by atoms with Crippen LogP contribution in [-0.2, 0) is 24.8 Å². The number of carbonyl (C=O) groups excluding carboxylic acids is 2. The van der Waals surface area contributed by atoms with Crippen molar-refractivity contribution in [2.45, 2.75) is 52.6 Å².